The smallest absolute Gasteiger partial charge is 0.405 e. The number of hydrogen-bond acceptors (Lipinski definition) is 2. The van der Waals surface area contributed by atoms with Crippen LogP contribution in [-0.2, 0) is 7.05 Å². The summed E-state index contributed by atoms with van der Waals surface area (Å²) in [6.07, 6.45) is 4.31. The Balaban J connectivity index is 1.98. The maximum atomic E-state index is 5.98. The highest BCUT2D eigenvalue weighted by molar-refractivity contribution is 6.76. The Morgan fingerprint density at radius 1 is 1.18 bits per heavy atom. The monoisotopic (exact) mass is 289 g/mol. The summed E-state index contributed by atoms with van der Waals surface area (Å²) in [7, 11) is 2.08. The minimum atomic E-state index is 0.251. The van der Waals surface area contributed by atoms with Crippen molar-refractivity contribution in [2.24, 2.45) is 7.05 Å². The molecular weight excluding hydrogens is 271 g/mol. The molecule has 3 heterocycles. The van der Waals surface area contributed by atoms with Crippen LogP contribution < -0.4 is 20.0 Å². The summed E-state index contributed by atoms with van der Waals surface area (Å²) in [4.78, 5) is 2.30. The standard InChI is InChI=1S/C18H18BN2O/c1-13-8-9-20(3)18(10-13)21-12-15-14-6-4-5-7-16(14)22-17(15)11-19(21)2/h4-12H,1-3H3/q+1. The van der Waals surface area contributed by atoms with Crippen LogP contribution in [0.2, 0.25) is 6.82 Å². The predicted molar refractivity (Wildman–Crippen MR) is 90.8 cm³/mol. The van der Waals surface area contributed by atoms with Crippen LogP contribution in [0.1, 0.15) is 5.56 Å². The molecule has 2 aromatic heterocycles. The lowest BCUT2D eigenvalue weighted by molar-refractivity contribution is -0.658. The van der Waals surface area contributed by atoms with Gasteiger partial charge in [0.1, 0.15) is 11.0 Å². The van der Waals surface area contributed by atoms with E-state index in [-0.39, 0.29) is 6.85 Å². The molecule has 0 saturated carbocycles. The number of furan rings is 1. The molecule has 0 aliphatic carbocycles. The zero-order valence-electron chi connectivity index (χ0n) is 13.1. The first kappa shape index (κ1) is 13.2. The van der Waals surface area contributed by atoms with Crippen molar-refractivity contribution < 1.29 is 8.98 Å². The van der Waals surface area contributed by atoms with Gasteiger partial charge in [0.05, 0.1) is 24.7 Å². The van der Waals surface area contributed by atoms with Crippen molar-refractivity contribution in [1.82, 2.24) is 0 Å². The lowest BCUT2D eigenvalue weighted by Gasteiger charge is -2.19. The fourth-order valence-electron chi connectivity index (χ4n) is 3.09. The molecular formula is C18H18BN2O+. The molecule has 0 spiro atoms. The third-order valence-corrected chi connectivity index (χ3v) is 4.31. The van der Waals surface area contributed by atoms with Gasteiger partial charge in [0.2, 0.25) is 0 Å². The van der Waals surface area contributed by atoms with Crippen molar-refractivity contribution in [3.05, 3.63) is 58.8 Å². The number of pyridine rings is 1. The number of fused-ring (bicyclic) bond motifs is 3. The molecule has 4 heteroatoms. The van der Waals surface area contributed by atoms with Gasteiger partial charge in [-0.25, -0.2) is 4.57 Å². The molecule has 22 heavy (non-hydrogen) atoms. The molecule has 1 aliphatic heterocycles. The van der Waals surface area contributed by atoms with Crippen molar-refractivity contribution in [2.75, 3.05) is 4.81 Å². The van der Waals surface area contributed by atoms with Crippen molar-refractivity contribution >= 4 is 35.8 Å². The van der Waals surface area contributed by atoms with Gasteiger partial charge in [0, 0.05) is 11.5 Å². The van der Waals surface area contributed by atoms with Gasteiger partial charge in [-0.15, -0.1) is 0 Å². The Morgan fingerprint density at radius 2 is 2.00 bits per heavy atom. The Bertz CT molecular complexity index is 990. The number of benzene rings is 1. The Morgan fingerprint density at radius 3 is 2.86 bits per heavy atom. The number of rotatable bonds is 1. The van der Waals surface area contributed by atoms with Gasteiger partial charge < -0.3 is 4.42 Å². The van der Waals surface area contributed by atoms with Gasteiger partial charge in [-0.05, 0) is 37.4 Å². The van der Waals surface area contributed by atoms with Crippen LogP contribution in [0.4, 0.5) is 5.82 Å². The van der Waals surface area contributed by atoms with Crippen LogP contribution in [0.15, 0.2) is 47.0 Å². The van der Waals surface area contributed by atoms with Gasteiger partial charge in [-0.2, -0.15) is 0 Å². The second-order valence-corrected chi connectivity index (χ2v) is 5.99. The highest BCUT2D eigenvalue weighted by Crippen LogP contribution is 2.16. The maximum Gasteiger partial charge on any atom is 0.405 e. The van der Waals surface area contributed by atoms with E-state index in [1.807, 2.05) is 12.1 Å². The molecule has 0 amide bonds. The topological polar surface area (TPSA) is 20.3 Å². The van der Waals surface area contributed by atoms with Gasteiger partial charge in [0.15, 0.2) is 0 Å². The van der Waals surface area contributed by atoms with Crippen molar-refractivity contribution in [1.29, 1.82) is 0 Å². The van der Waals surface area contributed by atoms with Crippen LogP contribution in [-0.4, -0.2) is 6.85 Å². The van der Waals surface area contributed by atoms with Crippen LogP contribution in [0.5, 0.6) is 0 Å². The predicted octanol–water partition coefficient (Wildman–Crippen LogP) is 1.76. The van der Waals surface area contributed by atoms with E-state index < -0.39 is 0 Å². The Kier molecular flexibility index (Phi) is 2.86. The summed E-state index contributed by atoms with van der Waals surface area (Å²) in [6.45, 7) is 4.57. The summed E-state index contributed by atoms with van der Waals surface area (Å²) >= 11 is 0. The zero-order chi connectivity index (χ0) is 15.3. The minimum Gasteiger partial charge on any atom is -0.457 e. The first-order valence-corrected chi connectivity index (χ1v) is 7.59. The number of anilines is 1. The van der Waals surface area contributed by atoms with E-state index in [0.717, 1.165) is 16.2 Å². The number of nitrogens with zero attached hydrogens (tertiary/aromatic N) is 2. The van der Waals surface area contributed by atoms with E-state index in [0.29, 0.717) is 0 Å². The summed E-state index contributed by atoms with van der Waals surface area (Å²) in [5, 5.41) is 2.33. The number of para-hydroxylation sites is 1. The lowest BCUT2D eigenvalue weighted by atomic mass is 9.62. The van der Waals surface area contributed by atoms with Gasteiger partial charge in [0.25, 0.3) is 5.82 Å². The molecule has 1 aliphatic rings. The Hall–Kier alpha value is -2.49. The van der Waals surface area contributed by atoms with Crippen LogP contribution >= 0.6 is 0 Å². The largest absolute Gasteiger partial charge is 0.457 e. The first-order chi connectivity index (χ1) is 10.6. The van der Waals surface area contributed by atoms with Gasteiger partial charge in [-0.3, -0.25) is 4.81 Å². The fraction of sp³-hybridized carbons (Fsp3) is 0.167. The van der Waals surface area contributed by atoms with E-state index in [9.17, 15) is 0 Å². The SMILES string of the molecule is CB1C=c2oc3ccccc3c2=CN1c1cc(C)cc[n+]1C. The average molecular weight is 289 g/mol. The van der Waals surface area contributed by atoms with Crippen molar-refractivity contribution in [2.45, 2.75) is 13.7 Å². The van der Waals surface area contributed by atoms with Crippen LogP contribution in [0.3, 0.4) is 0 Å². The summed E-state index contributed by atoms with van der Waals surface area (Å²) < 4.78 is 8.13. The second-order valence-electron chi connectivity index (χ2n) is 5.99. The maximum absolute atomic E-state index is 5.98. The van der Waals surface area contributed by atoms with E-state index in [1.165, 1.54) is 16.8 Å². The molecule has 4 rings (SSSR count). The molecule has 3 nitrogen and oxygen atoms in total. The summed E-state index contributed by atoms with van der Waals surface area (Å²) in [5.74, 6) is 3.37. The molecule has 0 unspecified atom stereocenters. The number of aryl methyl sites for hydroxylation is 2. The average Bonchev–Trinajstić information content (AvgIpc) is 2.86. The fourth-order valence-corrected chi connectivity index (χ4v) is 3.09. The Labute approximate surface area is 129 Å². The summed E-state index contributed by atoms with van der Waals surface area (Å²) in [5.41, 5.74) is 3.18. The molecule has 0 radical (unpaired) electrons. The molecule has 0 fully saturated rings. The van der Waals surface area contributed by atoms with Gasteiger partial charge in [-0.1, -0.05) is 18.2 Å². The molecule has 0 saturated heterocycles. The number of aromatic nitrogens is 1. The van der Waals surface area contributed by atoms with Crippen molar-refractivity contribution in [3.63, 3.8) is 0 Å². The van der Waals surface area contributed by atoms with E-state index in [1.54, 1.807) is 0 Å². The summed E-state index contributed by atoms with van der Waals surface area (Å²) in [6, 6.07) is 12.6. The zero-order valence-corrected chi connectivity index (χ0v) is 13.1. The first-order valence-electron chi connectivity index (χ1n) is 7.59. The molecule has 3 aromatic rings. The van der Waals surface area contributed by atoms with E-state index in [2.05, 4.69) is 72.8 Å². The minimum absolute atomic E-state index is 0.251. The van der Waals surface area contributed by atoms with Crippen molar-refractivity contribution in [3.8, 4) is 0 Å². The van der Waals surface area contributed by atoms with Crippen LogP contribution in [0, 0.1) is 6.92 Å². The third kappa shape index (κ3) is 1.95. The van der Waals surface area contributed by atoms with Gasteiger partial charge >= 0.3 is 6.85 Å². The highest BCUT2D eigenvalue weighted by atomic mass is 16.3. The second kappa shape index (κ2) is 4.77. The normalized spacial score (nSPS) is 13.8. The highest BCUT2D eigenvalue weighted by Gasteiger charge is 2.29. The molecule has 0 N–H and O–H groups in total. The van der Waals surface area contributed by atoms with Crippen LogP contribution in [0.25, 0.3) is 23.1 Å². The molecule has 0 bridgehead atoms. The molecule has 108 valence electrons. The van der Waals surface area contributed by atoms with E-state index >= 15 is 0 Å². The molecule has 0 atom stereocenters. The third-order valence-electron chi connectivity index (χ3n) is 4.31. The molecule has 1 aromatic carbocycles. The quantitative estimate of drug-likeness (QED) is 0.502. The lowest BCUT2D eigenvalue weighted by Crippen LogP contribution is -2.47. The van der Waals surface area contributed by atoms with E-state index in [4.69, 9.17) is 4.42 Å². The number of hydrogen-bond donors (Lipinski definition) is 0.